The molecule has 14 aromatic rings. The molecule has 0 saturated carbocycles. The van der Waals surface area contributed by atoms with Crippen LogP contribution in [0.5, 0.6) is 5.75 Å². The van der Waals surface area contributed by atoms with E-state index in [9.17, 15) is 3.46 Å². The molecule has 1 heterocycles. The van der Waals surface area contributed by atoms with E-state index < -0.39 is 46.3 Å². The summed E-state index contributed by atoms with van der Waals surface area (Å²) in [6, 6.07) is 141. The minimum absolute atomic E-state index is 0.0658. The van der Waals surface area contributed by atoms with Gasteiger partial charge in [-0.25, -0.2) is 0 Å². The van der Waals surface area contributed by atoms with Gasteiger partial charge < -0.3 is 0 Å². The molecule has 1 aromatic heterocycles. The van der Waals surface area contributed by atoms with Crippen molar-refractivity contribution in [3.8, 4) is 16.3 Å². The summed E-state index contributed by atoms with van der Waals surface area (Å²) in [5.74, 6) is -0.806. The van der Waals surface area contributed by atoms with Crippen LogP contribution in [0.1, 0.15) is 10.5 Å². The molecule has 0 fully saturated rings. The quantitative estimate of drug-likeness (QED) is 0.0564. The fourth-order valence-electron chi connectivity index (χ4n) is 14.8. The first-order chi connectivity index (χ1) is 46.4. The van der Waals surface area contributed by atoms with Crippen LogP contribution in [0.2, 0.25) is 0 Å². The van der Waals surface area contributed by atoms with Crippen LogP contribution in [0.4, 0.5) is 4.39 Å². The number of aromatic nitrogens is 1. The fourth-order valence-corrected chi connectivity index (χ4v) is 191. The number of hydrogen-bond donors (Lipinski definition) is 0. The minimum atomic E-state index is -7.15. The van der Waals surface area contributed by atoms with Crippen LogP contribution in [-0.4, -0.2) is 18.1 Å². The molecular weight excluding hydrogens is 1340 g/mol. The van der Waals surface area contributed by atoms with Gasteiger partial charge >= 0.3 is 560 Å². The number of ether oxygens (including phenoxy) is 1. The summed E-state index contributed by atoms with van der Waals surface area (Å²) < 4.78 is 33.2. The number of thiazole rings is 1. The van der Waals surface area contributed by atoms with Gasteiger partial charge in [-0.2, -0.15) is 0 Å². The van der Waals surface area contributed by atoms with Gasteiger partial charge in [-0.05, 0) is 0 Å². The van der Waals surface area contributed by atoms with Crippen LogP contribution in [0.25, 0.3) is 10.6 Å². The Morgan fingerprint density at radius 3 is 0.734 bits per heavy atom. The van der Waals surface area contributed by atoms with Gasteiger partial charge in [-0.15, -0.1) is 0 Å². The molecule has 11 heteroatoms. The average molecular weight is 1410 g/mol. The van der Waals surface area contributed by atoms with E-state index in [-0.39, 0.29) is 16.3 Å². The molecule has 14 rings (SSSR count). The zero-order valence-corrected chi connectivity index (χ0v) is 58.1. The van der Waals surface area contributed by atoms with E-state index >= 15 is 9.18 Å². The number of nitrogens with zero attached hydrogens (tertiary/aromatic N) is 1. The summed E-state index contributed by atoms with van der Waals surface area (Å²) in [6.45, 7) is 0. The van der Waals surface area contributed by atoms with Crippen molar-refractivity contribution in [1.82, 2.24) is 4.98 Å². The molecular formula is C83H71FNO3P4PdS. The summed E-state index contributed by atoms with van der Waals surface area (Å²) in [4.78, 5) is 24.7. The van der Waals surface area contributed by atoms with E-state index in [2.05, 4.69) is 364 Å². The van der Waals surface area contributed by atoms with Crippen molar-refractivity contribution in [2.75, 3.05) is 7.11 Å². The van der Waals surface area contributed by atoms with Crippen LogP contribution in [0.15, 0.2) is 388 Å². The first-order valence-corrected chi connectivity index (χ1v) is 49.4. The summed E-state index contributed by atoms with van der Waals surface area (Å²) >= 11 is -5.93. The Kier molecular flexibility index (Phi) is 17.8. The number of benzene rings is 13. The molecule has 0 saturated heterocycles. The predicted octanol–water partition coefficient (Wildman–Crippen LogP) is 15.3. The first kappa shape index (κ1) is 62.5. The summed E-state index contributed by atoms with van der Waals surface area (Å²) in [5, 5.41) is 15.2. The van der Waals surface area contributed by atoms with Crippen LogP contribution in [0.3, 0.4) is 0 Å². The number of hydrogen-bond acceptors (Lipinski definition) is 5. The van der Waals surface area contributed by atoms with Gasteiger partial charge in [-0.1, -0.05) is 0 Å². The van der Waals surface area contributed by atoms with E-state index in [4.69, 9.17) is 9.72 Å². The first-order valence-electron chi connectivity index (χ1n) is 31.3. The Bertz CT molecular complexity index is 3930. The topological polar surface area (TPSA) is 48.4 Å². The number of rotatable bonds is 20. The molecule has 0 aliphatic carbocycles. The van der Waals surface area contributed by atoms with Crippen LogP contribution < -0.4 is 68.4 Å². The maximum atomic E-state index is 19.2. The van der Waals surface area contributed by atoms with E-state index in [1.807, 2.05) is 0 Å². The molecule has 94 heavy (non-hydrogen) atoms. The number of carbonyl (C=O) groups excluding carboxylic acids is 1. The number of carbonyl (C=O) groups is 1. The van der Waals surface area contributed by atoms with Gasteiger partial charge in [0.15, 0.2) is 0 Å². The van der Waals surface area contributed by atoms with Crippen molar-refractivity contribution < 1.29 is 30.1 Å². The van der Waals surface area contributed by atoms with E-state index in [1.54, 1.807) is 17.5 Å². The van der Waals surface area contributed by atoms with Gasteiger partial charge in [0.25, 0.3) is 0 Å². The third-order valence-electron chi connectivity index (χ3n) is 18.0. The van der Waals surface area contributed by atoms with Crippen molar-refractivity contribution in [3.63, 3.8) is 0 Å². The number of halogens is 1. The fraction of sp³-hybridized carbons (Fsp3) is 0.0120. The number of methoxy groups -OCH3 is 1. The van der Waals surface area contributed by atoms with Crippen molar-refractivity contribution in [1.29, 1.82) is 0 Å². The van der Waals surface area contributed by atoms with Gasteiger partial charge in [0.1, 0.15) is 0 Å². The molecule has 469 valence electrons. The molecule has 0 atom stereocenters. The second-order valence-corrected chi connectivity index (χ2v) is 78.9. The normalized spacial score (nSPS) is 13.1. The second kappa shape index (κ2) is 26.8. The van der Waals surface area contributed by atoms with Gasteiger partial charge in [-0.3, -0.25) is 0 Å². The third kappa shape index (κ3) is 9.24. The van der Waals surface area contributed by atoms with Gasteiger partial charge in [0.2, 0.25) is 0 Å². The van der Waals surface area contributed by atoms with Crippen LogP contribution in [-0.2, 0) is 16.2 Å². The summed E-state index contributed by atoms with van der Waals surface area (Å²) in [6.07, 6.45) is 0. The standard InChI is InChI=1S/4C18H15P.C11H8FNO3S.Pd/c4*1-4-10-16(11-5-1)19(17-12-6-2-7-13-17)18-14-8-3-9-15-18;1-16-8-4-2-3-6(12)9(8)10-13-7(5-17-10)11(14)15;/h4*1-15H;2-5H,1H3,(H,14,15);/q;;;;;-3/p+3. The van der Waals surface area contributed by atoms with Crippen molar-refractivity contribution in [2.24, 2.45) is 0 Å². The van der Waals surface area contributed by atoms with E-state index in [1.165, 1.54) is 24.5 Å². The molecule has 0 amide bonds. The van der Waals surface area contributed by atoms with Crippen LogP contribution >= 0.6 is 33.1 Å². The molecule has 0 aliphatic rings. The van der Waals surface area contributed by atoms with Gasteiger partial charge in [0.05, 0.1) is 0 Å². The third-order valence-corrected chi connectivity index (χ3v) is 131. The van der Waals surface area contributed by atoms with Crippen molar-refractivity contribution in [2.45, 2.75) is 0 Å². The molecule has 0 N–H and O–H groups in total. The molecule has 13 aromatic carbocycles. The Morgan fingerprint density at radius 2 is 0.532 bits per heavy atom. The maximum absolute atomic E-state index is 19.2. The summed E-state index contributed by atoms with van der Waals surface area (Å²) in [7, 11) is 1.54. The van der Waals surface area contributed by atoms with Crippen molar-refractivity contribution >= 4 is 103 Å². The monoisotopic (exact) mass is 1410 g/mol. The zero-order chi connectivity index (χ0) is 63.9. The molecule has 0 radical (unpaired) electrons. The molecule has 4 nitrogen and oxygen atoms in total. The Morgan fingerprint density at radius 1 is 0.319 bits per heavy atom. The van der Waals surface area contributed by atoms with Crippen LogP contribution in [0, 0.1) is 5.82 Å². The van der Waals surface area contributed by atoms with E-state index in [0.717, 1.165) is 63.7 Å². The van der Waals surface area contributed by atoms with Crippen molar-refractivity contribution in [3.05, 3.63) is 399 Å². The van der Waals surface area contributed by atoms with Gasteiger partial charge in [0, 0.05) is 0 Å². The molecule has 0 unspecified atom stereocenters. The SMILES string of the molecule is COc1cccc(F)c1-c1nc(C(=O)[O][Pd]([PH](c2ccccc2)(c2ccccc2)c2ccccc2)([PH](c2ccccc2)(c2ccccc2)c2ccccc2)([PH](c2ccccc2)(c2ccccc2)c2ccccc2)[PH](c2ccccc2)(c2ccccc2)c2ccccc2)cs1. The Balaban J connectivity index is 1.51. The second-order valence-electron chi connectivity index (χ2n) is 22.8. The Hall–Kier alpha value is -8.93. The predicted molar refractivity (Wildman–Crippen MR) is 406 cm³/mol. The molecule has 0 spiro atoms. The average Bonchev–Trinajstić information content (AvgIpc) is 0.632. The molecule has 0 bridgehead atoms. The molecule has 0 aliphatic heterocycles. The zero-order valence-electron chi connectivity index (χ0n) is 51.7. The Labute approximate surface area is 556 Å². The van der Waals surface area contributed by atoms with E-state index in [0.29, 0.717) is 5.75 Å². The summed E-state index contributed by atoms with van der Waals surface area (Å²) in [5.41, 5.74) is -19.3.